The Hall–Kier alpha value is -1.94. The van der Waals surface area contributed by atoms with E-state index in [0.717, 1.165) is 56.7 Å². The summed E-state index contributed by atoms with van der Waals surface area (Å²) in [7, 11) is 0. The van der Waals surface area contributed by atoms with Gasteiger partial charge in [-0.05, 0) is 25.0 Å². The second-order valence-corrected chi connectivity index (χ2v) is 6.35. The Morgan fingerprint density at radius 3 is 2.40 bits per heavy atom. The quantitative estimate of drug-likeness (QED) is 0.812. The van der Waals surface area contributed by atoms with E-state index in [1.807, 2.05) is 4.90 Å². The number of nitrogens with zero attached hydrogens (tertiary/aromatic N) is 6. The fourth-order valence-corrected chi connectivity index (χ4v) is 3.53. The first-order chi connectivity index (χ1) is 12.0. The third kappa shape index (κ3) is 3.28. The molecule has 2 aromatic rings. The van der Waals surface area contributed by atoms with Gasteiger partial charge in [0.25, 0.3) is 5.82 Å². The Labute approximate surface area is 142 Å². The molecule has 0 saturated carbocycles. The van der Waals surface area contributed by atoms with Crippen LogP contribution in [0.25, 0.3) is 5.65 Å². The number of halogens is 3. The van der Waals surface area contributed by atoms with Crippen molar-refractivity contribution in [2.24, 2.45) is 0 Å². The topological polar surface area (TPSA) is 58.8 Å². The van der Waals surface area contributed by atoms with Gasteiger partial charge in [0, 0.05) is 32.2 Å². The van der Waals surface area contributed by atoms with Crippen LogP contribution in [0.1, 0.15) is 18.7 Å². The van der Waals surface area contributed by atoms with Gasteiger partial charge in [-0.3, -0.25) is 4.90 Å². The molecule has 0 spiro atoms. The van der Waals surface area contributed by atoms with Crippen molar-refractivity contribution in [3.05, 3.63) is 18.0 Å². The van der Waals surface area contributed by atoms with E-state index in [1.165, 1.54) is 6.07 Å². The molecule has 2 aliphatic rings. The average molecular weight is 356 g/mol. The summed E-state index contributed by atoms with van der Waals surface area (Å²) < 4.78 is 45.1. The van der Waals surface area contributed by atoms with Crippen LogP contribution in [0.15, 0.2) is 12.1 Å². The zero-order chi connectivity index (χ0) is 17.4. The highest BCUT2D eigenvalue weighted by Crippen LogP contribution is 2.28. The third-order valence-corrected chi connectivity index (χ3v) is 4.85. The minimum absolute atomic E-state index is 0.0966. The Kier molecular flexibility index (Phi) is 4.24. The lowest BCUT2D eigenvalue weighted by atomic mass is 10.0. The first-order valence-corrected chi connectivity index (χ1v) is 8.39. The maximum atomic E-state index is 13.0. The number of aromatic nitrogens is 4. The fourth-order valence-electron chi connectivity index (χ4n) is 3.53. The summed E-state index contributed by atoms with van der Waals surface area (Å²) in [4.78, 5) is 4.47. The van der Waals surface area contributed by atoms with Gasteiger partial charge in [-0.2, -0.15) is 17.7 Å². The number of morpholine rings is 1. The summed E-state index contributed by atoms with van der Waals surface area (Å²) in [5.41, 5.74) is 0.0966. The van der Waals surface area contributed by atoms with Crippen molar-refractivity contribution in [1.29, 1.82) is 0 Å². The summed E-state index contributed by atoms with van der Waals surface area (Å²) in [5.74, 6) is -0.564. The number of ether oxygens (including phenoxy) is 1. The van der Waals surface area contributed by atoms with Crippen LogP contribution < -0.4 is 4.90 Å². The molecule has 2 aliphatic heterocycles. The maximum absolute atomic E-state index is 13.0. The Morgan fingerprint density at radius 2 is 1.72 bits per heavy atom. The average Bonchev–Trinajstić information content (AvgIpc) is 3.06. The highest BCUT2D eigenvalue weighted by molar-refractivity contribution is 5.46. The molecule has 0 atom stereocenters. The van der Waals surface area contributed by atoms with E-state index >= 15 is 0 Å². The molecule has 136 valence electrons. The zero-order valence-electron chi connectivity index (χ0n) is 13.6. The SMILES string of the molecule is FC(F)(F)c1nnc2ccc(N3CCC(N4CCOCC4)CC3)nn12. The second-order valence-electron chi connectivity index (χ2n) is 6.35. The molecular weight excluding hydrogens is 337 g/mol. The molecule has 2 fully saturated rings. The molecule has 0 unspecified atom stereocenters. The molecule has 0 bridgehead atoms. The molecule has 10 heteroatoms. The summed E-state index contributed by atoms with van der Waals surface area (Å²) in [6.07, 6.45) is -2.64. The van der Waals surface area contributed by atoms with Crippen molar-refractivity contribution < 1.29 is 17.9 Å². The molecule has 0 amide bonds. The smallest absolute Gasteiger partial charge is 0.379 e. The lowest BCUT2D eigenvalue weighted by molar-refractivity contribution is -0.146. The summed E-state index contributed by atoms with van der Waals surface area (Å²) in [6, 6.07) is 3.74. The normalized spacial score (nSPS) is 21.2. The van der Waals surface area contributed by atoms with E-state index in [2.05, 4.69) is 20.2 Å². The van der Waals surface area contributed by atoms with Gasteiger partial charge in [-0.15, -0.1) is 15.3 Å². The summed E-state index contributed by atoms with van der Waals surface area (Å²) in [6.45, 7) is 4.97. The van der Waals surface area contributed by atoms with Gasteiger partial charge in [0.05, 0.1) is 13.2 Å². The molecule has 0 aliphatic carbocycles. The number of anilines is 1. The molecule has 25 heavy (non-hydrogen) atoms. The van der Waals surface area contributed by atoms with E-state index in [9.17, 15) is 13.2 Å². The maximum Gasteiger partial charge on any atom is 0.453 e. The third-order valence-electron chi connectivity index (χ3n) is 4.85. The largest absolute Gasteiger partial charge is 0.453 e. The summed E-state index contributed by atoms with van der Waals surface area (Å²) >= 11 is 0. The van der Waals surface area contributed by atoms with Crippen molar-refractivity contribution in [2.75, 3.05) is 44.3 Å². The van der Waals surface area contributed by atoms with E-state index < -0.39 is 12.0 Å². The van der Waals surface area contributed by atoms with Crippen molar-refractivity contribution in [3.8, 4) is 0 Å². The number of hydrogen-bond acceptors (Lipinski definition) is 6. The minimum Gasteiger partial charge on any atom is -0.379 e. The highest BCUT2D eigenvalue weighted by atomic mass is 19.4. The van der Waals surface area contributed by atoms with Gasteiger partial charge in [0.1, 0.15) is 5.82 Å². The van der Waals surface area contributed by atoms with Crippen LogP contribution in [0.2, 0.25) is 0 Å². The molecule has 0 N–H and O–H groups in total. The van der Waals surface area contributed by atoms with Crippen LogP contribution in [-0.2, 0) is 10.9 Å². The molecular formula is C15H19F3N6O. The number of piperidine rings is 1. The lowest BCUT2D eigenvalue weighted by Gasteiger charge is -2.40. The Balaban J connectivity index is 1.49. The Bertz CT molecular complexity index is 734. The first kappa shape index (κ1) is 16.5. The number of alkyl halides is 3. The van der Waals surface area contributed by atoms with Crippen molar-refractivity contribution in [1.82, 2.24) is 24.7 Å². The van der Waals surface area contributed by atoms with Gasteiger partial charge in [-0.25, -0.2) is 0 Å². The standard InChI is InChI=1S/C15H19F3N6O/c16-15(17,18)14-20-19-12-1-2-13(21-24(12)14)23-5-3-11(4-6-23)22-7-9-25-10-8-22/h1-2,11H,3-10H2. The summed E-state index contributed by atoms with van der Waals surface area (Å²) in [5, 5.41) is 10.9. The number of fused-ring (bicyclic) bond motifs is 1. The zero-order valence-corrected chi connectivity index (χ0v) is 13.6. The molecule has 2 aromatic heterocycles. The predicted octanol–water partition coefficient (Wildman–Crippen LogP) is 1.44. The van der Waals surface area contributed by atoms with Crippen molar-refractivity contribution >= 4 is 11.5 Å². The van der Waals surface area contributed by atoms with Gasteiger partial charge in [-0.1, -0.05) is 0 Å². The number of hydrogen-bond donors (Lipinski definition) is 0. The van der Waals surface area contributed by atoms with Gasteiger partial charge in [0.15, 0.2) is 5.65 Å². The molecule has 4 rings (SSSR count). The molecule has 2 saturated heterocycles. The minimum atomic E-state index is -4.58. The second kappa shape index (κ2) is 6.41. The van der Waals surface area contributed by atoms with Crippen LogP contribution in [0.3, 0.4) is 0 Å². The van der Waals surface area contributed by atoms with E-state index in [1.54, 1.807) is 6.07 Å². The van der Waals surface area contributed by atoms with E-state index in [4.69, 9.17) is 4.74 Å². The molecule has 0 radical (unpaired) electrons. The first-order valence-electron chi connectivity index (χ1n) is 8.39. The lowest BCUT2D eigenvalue weighted by Crippen LogP contribution is -2.49. The highest BCUT2D eigenvalue weighted by Gasteiger charge is 2.38. The van der Waals surface area contributed by atoms with Crippen LogP contribution in [0.4, 0.5) is 19.0 Å². The van der Waals surface area contributed by atoms with E-state index in [0.29, 0.717) is 11.9 Å². The van der Waals surface area contributed by atoms with Crippen LogP contribution in [0, 0.1) is 0 Å². The van der Waals surface area contributed by atoms with Crippen molar-refractivity contribution in [3.63, 3.8) is 0 Å². The van der Waals surface area contributed by atoms with E-state index in [-0.39, 0.29) is 5.65 Å². The predicted molar refractivity (Wildman–Crippen MR) is 83.4 cm³/mol. The molecule has 4 heterocycles. The molecule has 0 aromatic carbocycles. The Morgan fingerprint density at radius 1 is 1.00 bits per heavy atom. The van der Waals surface area contributed by atoms with Crippen LogP contribution in [-0.4, -0.2) is 70.1 Å². The monoisotopic (exact) mass is 356 g/mol. The fraction of sp³-hybridized carbons (Fsp3) is 0.667. The van der Waals surface area contributed by atoms with Crippen LogP contribution >= 0.6 is 0 Å². The van der Waals surface area contributed by atoms with Gasteiger partial charge >= 0.3 is 6.18 Å². The van der Waals surface area contributed by atoms with Gasteiger partial charge < -0.3 is 9.64 Å². The van der Waals surface area contributed by atoms with Crippen LogP contribution in [0.5, 0.6) is 0 Å². The number of rotatable bonds is 2. The van der Waals surface area contributed by atoms with Crippen molar-refractivity contribution in [2.45, 2.75) is 25.1 Å². The van der Waals surface area contributed by atoms with Gasteiger partial charge in [0.2, 0.25) is 0 Å². The molecule has 7 nitrogen and oxygen atoms in total.